The Bertz CT molecular complexity index is 658. The molecule has 32 heavy (non-hydrogen) atoms. The molecule has 0 aromatic heterocycles. The molecule has 0 aliphatic heterocycles. The molecule has 0 heterocycles. The summed E-state index contributed by atoms with van der Waals surface area (Å²) < 4.78 is 0. The Labute approximate surface area is 186 Å². The summed E-state index contributed by atoms with van der Waals surface area (Å²) in [6, 6.07) is -5.02. The lowest BCUT2D eigenvalue weighted by Gasteiger charge is -2.24. The Morgan fingerprint density at radius 3 is 1.88 bits per heavy atom. The molecule has 0 aliphatic rings. The first-order chi connectivity index (χ1) is 14.9. The van der Waals surface area contributed by atoms with E-state index in [1.165, 1.54) is 0 Å². The summed E-state index contributed by atoms with van der Waals surface area (Å²) in [5.74, 6) is -4.63. The third-order valence-electron chi connectivity index (χ3n) is 4.48. The van der Waals surface area contributed by atoms with E-state index in [0.717, 1.165) is 0 Å². The average Bonchev–Trinajstić information content (AvgIpc) is 2.69. The molecule has 0 radical (unpaired) electrons. The number of amides is 4. The van der Waals surface area contributed by atoms with Gasteiger partial charge in [-0.3, -0.25) is 19.2 Å². The first-order valence-electron chi connectivity index (χ1n) is 10.4. The quantitative estimate of drug-likeness (QED) is 0.109. The van der Waals surface area contributed by atoms with E-state index in [9.17, 15) is 29.1 Å². The van der Waals surface area contributed by atoms with Crippen LogP contribution in [-0.2, 0) is 24.0 Å². The van der Waals surface area contributed by atoms with Gasteiger partial charge >= 0.3 is 5.97 Å². The number of aliphatic hydroxyl groups is 1. The van der Waals surface area contributed by atoms with Gasteiger partial charge in [0.2, 0.25) is 23.6 Å². The molecule has 0 rings (SSSR count). The minimum Gasteiger partial charge on any atom is -0.480 e. The molecular weight excluding hydrogens is 424 g/mol. The van der Waals surface area contributed by atoms with Crippen molar-refractivity contribution < 1.29 is 34.2 Å². The number of carboxylic acids is 1. The summed E-state index contributed by atoms with van der Waals surface area (Å²) in [6.45, 7) is 3.32. The molecule has 13 nitrogen and oxygen atoms in total. The Morgan fingerprint density at radius 1 is 0.875 bits per heavy atom. The van der Waals surface area contributed by atoms with Gasteiger partial charge in [0.05, 0.1) is 19.1 Å². The second kappa shape index (κ2) is 15.1. The minimum atomic E-state index is -1.62. The Kier molecular flexibility index (Phi) is 13.8. The number of carbonyl (C=O) groups excluding carboxylic acids is 4. The van der Waals surface area contributed by atoms with Gasteiger partial charge in [0.1, 0.15) is 18.1 Å². The van der Waals surface area contributed by atoms with E-state index in [0.29, 0.717) is 25.8 Å². The maximum absolute atomic E-state index is 12.7. The van der Waals surface area contributed by atoms with Crippen molar-refractivity contribution in [3.63, 3.8) is 0 Å². The SMILES string of the molecule is CC(C)CC(N)C(=O)NC(CCCCN)C(=O)NC(CO)C(=O)NC(CC(N)=O)C(=O)O. The highest BCUT2D eigenvalue weighted by Gasteiger charge is 2.30. The van der Waals surface area contributed by atoms with E-state index < -0.39 is 66.8 Å². The highest BCUT2D eigenvalue weighted by molar-refractivity contribution is 5.94. The van der Waals surface area contributed by atoms with Crippen molar-refractivity contribution in [2.24, 2.45) is 23.1 Å². The summed E-state index contributed by atoms with van der Waals surface area (Å²) in [5, 5.41) is 25.5. The maximum Gasteiger partial charge on any atom is 0.326 e. The Hall–Kier alpha value is -2.77. The van der Waals surface area contributed by atoms with Gasteiger partial charge in [0.25, 0.3) is 0 Å². The molecule has 0 aromatic carbocycles. The summed E-state index contributed by atoms with van der Waals surface area (Å²) in [5.41, 5.74) is 16.3. The zero-order valence-electron chi connectivity index (χ0n) is 18.5. The summed E-state index contributed by atoms with van der Waals surface area (Å²) in [4.78, 5) is 59.5. The van der Waals surface area contributed by atoms with Crippen LogP contribution in [0.2, 0.25) is 0 Å². The number of nitrogens with two attached hydrogens (primary N) is 3. The van der Waals surface area contributed by atoms with Crippen molar-refractivity contribution in [1.82, 2.24) is 16.0 Å². The van der Waals surface area contributed by atoms with Crippen LogP contribution in [0.1, 0.15) is 46.0 Å². The third-order valence-corrected chi connectivity index (χ3v) is 4.48. The predicted molar refractivity (Wildman–Crippen MR) is 115 cm³/mol. The molecular formula is C19H36N6O7. The lowest BCUT2D eigenvalue weighted by atomic mass is 10.0. The smallest absolute Gasteiger partial charge is 0.326 e. The van der Waals surface area contributed by atoms with Crippen LogP contribution in [0.5, 0.6) is 0 Å². The van der Waals surface area contributed by atoms with E-state index in [2.05, 4.69) is 10.6 Å². The topological polar surface area (TPSA) is 240 Å². The van der Waals surface area contributed by atoms with Crippen LogP contribution >= 0.6 is 0 Å². The number of primary amides is 1. The van der Waals surface area contributed by atoms with Crippen molar-refractivity contribution in [2.45, 2.75) is 70.1 Å². The van der Waals surface area contributed by atoms with Crippen LogP contribution in [0.25, 0.3) is 0 Å². The Morgan fingerprint density at radius 2 is 1.41 bits per heavy atom. The van der Waals surface area contributed by atoms with Crippen molar-refractivity contribution in [3.05, 3.63) is 0 Å². The molecule has 184 valence electrons. The van der Waals surface area contributed by atoms with E-state index in [-0.39, 0.29) is 12.3 Å². The van der Waals surface area contributed by atoms with Crippen LogP contribution in [0.4, 0.5) is 0 Å². The van der Waals surface area contributed by atoms with Gasteiger partial charge < -0.3 is 43.4 Å². The van der Waals surface area contributed by atoms with Crippen LogP contribution in [0.3, 0.4) is 0 Å². The van der Waals surface area contributed by atoms with Gasteiger partial charge in [0, 0.05) is 0 Å². The number of hydrogen-bond donors (Lipinski definition) is 8. The van der Waals surface area contributed by atoms with Gasteiger partial charge in [-0.05, 0) is 38.1 Å². The number of aliphatic carboxylic acids is 1. The standard InChI is InChI=1S/C19H36N6O7/c1-10(2)7-11(21)16(28)23-12(5-3-4-6-20)17(29)25-14(9-26)18(30)24-13(19(31)32)8-15(22)27/h10-14,26H,3-9,20-21H2,1-2H3,(H2,22,27)(H,23,28)(H,24,30)(H,25,29)(H,31,32). The van der Waals surface area contributed by atoms with Crippen molar-refractivity contribution in [2.75, 3.05) is 13.2 Å². The highest BCUT2D eigenvalue weighted by Crippen LogP contribution is 2.06. The van der Waals surface area contributed by atoms with Crippen LogP contribution in [-0.4, -0.2) is 77.1 Å². The van der Waals surface area contributed by atoms with Crippen molar-refractivity contribution in [1.29, 1.82) is 0 Å². The molecule has 4 unspecified atom stereocenters. The number of hydrogen-bond acceptors (Lipinski definition) is 8. The normalized spacial score (nSPS) is 14.7. The fraction of sp³-hybridized carbons (Fsp3) is 0.737. The molecule has 11 N–H and O–H groups in total. The number of rotatable bonds is 16. The highest BCUT2D eigenvalue weighted by atomic mass is 16.4. The molecule has 4 atom stereocenters. The van der Waals surface area contributed by atoms with Crippen LogP contribution < -0.4 is 33.2 Å². The van der Waals surface area contributed by atoms with Gasteiger partial charge in [-0.15, -0.1) is 0 Å². The molecule has 4 amide bonds. The van der Waals surface area contributed by atoms with Crippen LogP contribution in [0.15, 0.2) is 0 Å². The number of carboxylic acid groups (broad SMARTS) is 1. The summed E-state index contributed by atoms with van der Waals surface area (Å²) >= 11 is 0. The number of carbonyl (C=O) groups is 5. The summed E-state index contributed by atoms with van der Waals surface area (Å²) in [6.07, 6.45) is 1.04. The lowest BCUT2D eigenvalue weighted by molar-refractivity contribution is -0.144. The molecule has 0 fully saturated rings. The number of unbranched alkanes of at least 4 members (excludes halogenated alkanes) is 1. The second-order valence-electron chi connectivity index (χ2n) is 7.90. The fourth-order valence-electron chi connectivity index (χ4n) is 2.80. The van der Waals surface area contributed by atoms with E-state index in [4.69, 9.17) is 22.3 Å². The van der Waals surface area contributed by atoms with Crippen LogP contribution in [0, 0.1) is 5.92 Å². The van der Waals surface area contributed by atoms with Gasteiger partial charge in [0.15, 0.2) is 0 Å². The zero-order chi connectivity index (χ0) is 24.8. The minimum absolute atomic E-state index is 0.158. The predicted octanol–water partition coefficient (Wildman–Crippen LogP) is -3.10. The monoisotopic (exact) mass is 460 g/mol. The average molecular weight is 461 g/mol. The molecule has 0 spiro atoms. The Balaban J connectivity index is 5.25. The third kappa shape index (κ3) is 11.6. The summed E-state index contributed by atoms with van der Waals surface area (Å²) in [7, 11) is 0. The van der Waals surface area contributed by atoms with Gasteiger partial charge in [-0.2, -0.15) is 0 Å². The lowest BCUT2D eigenvalue weighted by Crippen LogP contribution is -2.58. The van der Waals surface area contributed by atoms with Gasteiger partial charge in [-0.1, -0.05) is 13.8 Å². The van der Waals surface area contributed by atoms with Crippen molar-refractivity contribution in [3.8, 4) is 0 Å². The van der Waals surface area contributed by atoms with Crippen molar-refractivity contribution >= 4 is 29.6 Å². The molecule has 0 saturated carbocycles. The molecule has 13 heteroatoms. The van der Waals surface area contributed by atoms with E-state index >= 15 is 0 Å². The van der Waals surface area contributed by atoms with Gasteiger partial charge in [-0.25, -0.2) is 4.79 Å². The first-order valence-corrected chi connectivity index (χ1v) is 10.4. The number of aliphatic hydroxyl groups excluding tert-OH is 1. The second-order valence-corrected chi connectivity index (χ2v) is 7.90. The molecule has 0 bridgehead atoms. The molecule has 0 aromatic rings. The zero-order valence-corrected chi connectivity index (χ0v) is 18.5. The largest absolute Gasteiger partial charge is 0.480 e. The maximum atomic E-state index is 12.7. The fourth-order valence-corrected chi connectivity index (χ4v) is 2.80. The number of nitrogens with one attached hydrogen (secondary N) is 3. The molecule has 0 aliphatic carbocycles. The van der Waals surface area contributed by atoms with E-state index in [1.54, 1.807) is 0 Å². The van der Waals surface area contributed by atoms with E-state index in [1.807, 2.05) is 19.2 Å². The molecule has 0 saturated heterocycles. The first kappa shape index (κ1) is 29.2.